The molecule has 0 aliphatic carbocycles. The van der Waals surface area contributed by atoms with Crippen molar-refractivity contribution in [2.45, 2.75) is 25.9 Å². The third-order valence-electron chi connectivity index (χ3n) is 5.76. The van der Waals surface area contributed by atoms with E-state index >= 15 is 0 Å². The normalized spacial score (nSPS) is 13.0. The van der Waals surface area contributed by atoms with Gasteiger partial charge in [0.25, 0.3) is 11.5 Å². The maximum Gasteiger partial charge on any atom is 0.471 e. The van der Waals surface area contributed by atoms with E-state index in [1.165, 1.54) is 36.1 Å². The molecule has 0 saturated heterocycles. The highest BCUT2D eigenvalue weighted by atomic mass is 31.2. The number of carbonyl (C=O) groups excluding carboxylic acids is 1. The monoisotopic (exact) mass is 551 g/mol. The first-order chi connectivity index (χ1) is 17.8. The van der Waals surface area contributed by atoms with Gasteiger partial charge in [-0.1, -0.05) is 18.2 Å². The lowest BCUT2D eigenvalue weighted by Crippen LogP contribution is -2.25. The molecule has 0 spiro atoms. The highest BCUT2D eigenvalue weighted by Gasteiger charge is 2.38. The molecular weight excluding hydrogens is 530 g/mol. The zero-order chi connectivity index (χ0) is 27.8. The van der Waals surface area contributed by atoms with Gasteiger partial charge in [0.15, 0.2) is 12.4 Å². The van der Waals surface area contributed by atoms with Crippen molar-refractivity contribution in [1.82, 2.24) is 24.6 Å². The van der Waals surface area contributed by atoms with Crippen LogP contribution >= 0.6 is 7.82 Å². The summed E-state index contributed by atoms with van der Waals surface area (Å²) < 4.78 is 58.0. The second-order valence-electron chi connectivity index (χ2n) is 8.25. The number of hydrogen-bond acceptors (Lipinski definition) is 6. The Morgan fingerprint density at radius 2 is 1.95 bits per heavy atom. The Labute approximate surface area is 212 Å². The van der Waals surface area contributed by atoms with Crippen LogP contribution in [0, 0.1) is 0 Å². The van der Waals surface area contributed by atoms with Crippen molar-refractivity contribution in [3.8, 4) is 11.1 Å². The van der Waals surface area contributed by atoms with Crippen LogP contribution in [0.1, 0.15) is 34.6 Å². The van der Waals surface area contributed by atoms with Gasteiger partial charge in [0.2, 0.25) is 0 Å². The summed E-state index contributed by atoms with van der Waals surface area (Å²) in [7, 11) is -3.44. The van der Waals surface area contributed by atoms with Crippen LogP contribution < -0.4 is 10.9 Å². The number of carbonyl (C=O) groups is 1. The molecule has 2 aromatic carbocycles. The number of aromatic nitrogens is 4. The Kier molecular flexibility index (Phi) is 7.26. The van der Waals surface area contributed by atoms with Gasteiger partial charge in [0.1, 0.15) is 0 Å². The van der Waals surface area contributed by atoms with E-state index in [0.29, 0.717) is 15.8 Å². The maximum atomic E-state index is 13.6. The lowest BCUT2D eigenvalue weighted by atomic mass is 10.0. The Balaban J connectivity index is 1.73. The van der Waals surface area contributed by atoms with Crippen LogP contribution in [-0.4, -0.2) is 42.1 Å². The van der Waals surface area contributed by atoms with Gasteiger partial charge in [-0.15, -0.1) is 0 Å². The molecule has 38 heavy (non-hydrogen) atoms. The lowest BCUT2D eigenvalue weighted by molar-refractivity contribution is -0.141. The summed E-state index contributed by atoms with van der Waals surface area (Å²) in [4.78, 5) is 47.1. The highest BCUT2D eigenvalue weighted by molar-refractivity contribution is 7.46. The van der Waals surface area contributed by atoms with E-state index in [9.17, 15) is 27.3 Å². The summed E-state index contributed by atoms with van der Waals surface area (Å²) in [6.45, 7) is 0.832. The van der Waals surface area contributed by atoms with Crippen molar-refractivity contribution in [3.63, 3.8) is 0 Å². The first kappa shape index (κ1) is 27.2. The van der Waals surface area contributed by atoms with Gasteiger partial charge in [0, 0.05) is 24.4 Å². The molecule has 2 heterocycles. The number of hydrogen-bond donors (Lipinski definition) is 3. The van der Waals surface area contributed by atoms with Crippen LogP contribution in [0.3, 0.4) is 0 Å². The minimum absolute atomic E-state index is 0.0308. The standard InChI is InChI=1S/C23H21F3N5O6P/c1-13(14-4-3-5-16(8-14)21(32)27-2)31-11-28-19-9-15(6-7-17(19)22(31)33)18-10-30(12-37-38(34,35)36)29-20(18)23(24,25)26/h3-11,13H,12H2,1-2H3,(H,27,32)(H2,34,35,36). The van der Waals surface area contributed by atoms with Crippen LogP contribution in [0.2, 0.25) is 0 Å². The van der Waals surface area contributed by atoms with Crippen LogP contribution in [0.25, 0.3) is 22.0 Å². The average molecular weight is 551 g/mol. The van der Waals surface area contributed by atoms with Crippen molar-refractivity contribution < 1.29 is 36.8 Å². The van der Waals surface area contributed by atoms with E-state index in [1.807, 2.05) is 0 Å². The molecule has 1 unspecified atom stereocenters. The lowest BCUT2D eigenvalue weighted by Gasteiger charge is -2.17. The van der Waals surface area contributed by atoms with E-state index in [2.05, 4.69) is 19.9 Å². The number of fused-ring (bicyclic) bond motifs is 1. The molecule has 1 amide bonds. The molecule has 0 saturated carbocycles. The van der Waals surface area contributed by atoms with Crippen LogP contribution in [-0.2, 0) is 22.0 Å². The van der Waals surface area contributed by atoms with Crippen molar-refractivity contribution in [2.24, 2.45) is 0 Å². The third kappa shape index (κ3) is 5.68. The molecule has 200 valence electrons. The van der Waals surface area contributed by atoms with E-state index < -0.39 is 38.0 Å². The summed E-state index contributed by atoms with van der Waals surface area (Å²) in [5.41, 5.74) is -0.892. The number of halogens is 3. The van der Waals surface area contributed by atoms with Gasteiger partial charge in [0.05, 0.1) is 23.3 Å². The number of phosphoric ester groups is 1. The van der Waals surface area contributed by atoms with Crippen molar-refractivity contribution >= 4 is 24.6 Å². The summed E-state index contributed by atoms with van der Waals surface area (Å²) in [6, 6.07) is 10.1. The second-order valence-corrected chi connectivity index (χ2v) is 9.49. The van der Waals surface area contributed by atoms with Gasteiger partial charge in [-0.2, -0.15) is 18.3 Å². The first-order valence-electron chi connectivity index (χ1n) is 11.0. The van der Waals surface area contributed by atoms with Gasteiger partial charge in [-0.25, -0.2) is 14.2 Å². The fourth-order valence-electron chi connectivity index (χ4n) is 3.87. The first-order valence-corrected chi connectivity index (χ1v) is 12.5. The van der Waals surface area contributed by atoms with Gasteiger partial charge < -0.3 is 15.1 Å². The fraction of sp³-hybridized carbons (Fsp3) is 0.217. The summed E-state index contributed by atoms with van der Waals surface area (Å²) in [5, 5.41) is 6.04. The van der Waals surface area contributed by atoms with E-state index in [1.54, 1.807) is 31.2 Å². The van der Waals surface area contributed by atoms with Gasteiger partial charge in [-0.05, 0) is 42.3 Å². The highest BCUT2D eigenvalue weighted by Crippen LogP contribution is 2.39. The molecule has 0 bridgehead atoms. The molecule has 0 radical (unpaired) electrons. The van der Waals surface area contributed by atoms with Crippen molar-refractivity contribution in [2.75, 3.05) is 7.05 Å². The Morgan fingerprint density at radius 3 is 2.61 bits per heavy atom. The molecule has 15 heteroatoms. The summed E-state index contributed by atoms with van der Waals surface area (Å²) in [6.07, 6.45) is -2.68. The Bertz CT molecular complexity index is 1630. The number of amides is 1. The maximum absolute atomic E-state index is 13.6. The smallest absolute Gasteiger partial charge is 0.355 e. The average Bonchev–Trinajstić information content (AvgIpc) is 3.32. The molecule has 4 rings (SSSR count). The Morgan fingerprint density at radius 1 is 1.21 bits per heavy atom. The molecule has 0 aliphatic rings. The predicted octanol–water partition coefficient (Wildman–Crippen LogP) is 3.31. The van der Waals surface area contributed by atoms with Crippen molar-refractivity contribution in [1.29, 1.82) is 0 Å². The van der Waals surface area contributed by atoms with E-state index in [4.69, 9.17) is 9.79 Å². The van der Waals surface area contributed by atoms with Crippen LogP contribution in [0.4, 0.5) is 13.2 Å². The third-order valence-corrected chi connectivity index (χ3v) is 6.21. The van der Waals surface area contributed by atoms with E-state index in [0.717, 1.165) is 6.20 Å². The molecule has 3 N–H and O–H groups in total. The summed E-state index contributed by atoms with van der Waals surface area (Å²) in [5.74, 6) is -0.287. The van der Waals surface area contributed by atoms with Gasteiger partial charge in [-0.3, -0.25) is 18.7 Å². The number of nitrogens with one attached hydrogen (secondary N) is 1. The molecule has 0 fully saturated rings. The topological polar surface area (TPSA) is 149 Å². The number of rotatable bonds is 7. The number of nitrogens with zero attached hydrogens (tertiary/aromatic N) is 4. The van der Waals surface area contributed by atoms with Crippen LogP contribution in [0.15, 0.2) is 59.8 Å². The minimum atomic E-state index is -4.94. The van der Waals surface area contributed by atoms with E-state index in [-0.39, 0.29) is 27.9 Å². The minimum Gasteiger partial charge on any atom is -0.355 e. The SMILES string of the molecule is CNC(=O)c1cccc(C(C)n2cnc3cc(-c4cn(COP(=O)(O)O)nc4C(F)(F)F)ccc3c2=O)c1. The number of phosphoric acid groups is 1. The number of benzene rings is 2. The molecular formula is C23H21F3N5O6P. The van der Waals surface area contributed by atoms with Gasteiger partial charge >= 0.3 is 14.0 Å². The quantitative estimate of drug-likeness (QED) is 0.296. The zero-order valence-corrected chi connectivity index (χ0v) is 20.8. The molecule has 11 nitrogen and oxygen atoms in total. The number of alkyl halides is 3. The second kappa shape index (κ2) is 10.1. The molecule has 0 aliphatic heterocycles. The van der Waals surface area contributed by atoms with Crippen LogP contribution in [0.5, 0.6) is 0 Å². The Hall–Kier alpha value is -3.84. The summed E-state index contributed by atoms with van der Waals surface area (Å²) >= 11 is 0. The van der Waals surface area contributed by atoms with Crippen molar-refractivity contribution in [3.05, 3.63) is 82.2 Å². The molecule has 2 aromatic heterocycles. The zero-order valence-electron chi connectivity index (χ0n) is 19.9. The fourth-order valence-corrected chi connectivity index (χ4v) is 4.13. The largest absolute Gasteiger partial charge is 0.471 e. The molecule has 1 atom stereocenters. The predicted molar refractivity (Wildman–Crippen MR) is 129 cm³/mol. The molecule has 4 aromatic rings.